The first-order chi connectivity index (χ1) is 16.2. The zero-order valence-electron chi connectivity index (χ0n) is 19.2. The topological polar surface area (TPSA) is 71.9 Å². The van der Waals surface area contributed by atoms with Gasteiger partial charge < -0.3 is 19.1 Å². The van der Waals surface area contributed by atoms with Crippen LogP contribution in [0.1, 0.15) is 33.6 Å². The Morgan fingerprint density at radius 2 is 1.71 bits per heavy atom. The van der Waals surface area contributed by atoms with E-state index in [1.165, 1.54) is 31.1 Å². The van der Waals surface area contributed by atoms with Crippen LogP contribution in [-0.4, -0.2) is 65.3 Å². The number of benzene rings is 2. The molecule has 0 unspecified atom stereocenters. The van der Waals surface area contributed by atoms with Gasteiger partial charge in [0.1, 0.15) is 17.7 Å². The first kappa shape index (κ1) is 23.8. The monoisotopic (exact) mass is 485 g/mol. The average molecular weight is 486 g/mol. The number of halogens is 2. The number of ether oxygens (including phenoxy) is 1. The van der Waals surface area contributed by atoms with E-state index in [0.29, 0.717) is 42.6 Å². The molecule has 7 nitrogen and oxygen atoms in total. The van der Waals surface area contributed by atoms with Gasteiger partial charge in [0.15, 0.2) is 0 Å². The standard InChI is InChI=1S/C25H25ClFN3O4/c1-28(2)25(33)23(31)20-14-29(3)22-13-21(26)19(12-18(20)22)24(32)30-10-8-17(9-11-30)34-16-6-4-15(27)5-7-16/h4-7,12-14,17H,8-11H2,1-3H3. The summed E-state index contributed by atoms with van der Waals surface area (Å²) in [5.74, 6) is -1.26. The largest absolute Gasteiger partial charge is 0.490 e. The van der Waals surface area contributed by atoms with Crippen molar-refractivity contribution in [3.8, 4) is 5.75 Å². The van der Waals surface area contributed by atoms with E-state index in [-0.39, 0.29) is 34.0 Å². The summed E-state index contributed by atoms with van der Waals surface area (Å²) in [5.41, 5.74) is 1.17. The number of likely N-dealkylation sites (tertiary alicyclic amines) is 1. The van der Waals surface area contributed by atoms with Gasteiger partial charge in [-0.15, -0.1) is 0 Å². The molecule has 2 aromatic carbocycles. The molecule has 9 heteroatoms. The van der Waals surface area contributed by atoms with E-state index in [2.05, 4.69) is 0 Å². The number of rotatable bonds is 5. The van der Waals surface area contributed by atoms with Crippen LogP contribution in [0.3, 0.4) is 0 Å². The Morgan fingerprint density at radius 1 is 1.06 bits per heavy atom. The lowest BCUT2D eigenvalue weighted by Gasteiger charge is -2.32. The molecular weight excluding hydrogens is 461 g/mol. The van der Waals surface area contributed by atoms with Gasteiger partial charge in [-0.3, -0.25) is 14.4 Å². The number of amides is 2. The first-order valence-corrected chi connectivity index (χ1v) is 11.3. The molecule has 3 aromatic rings. The molecule has 1 fully saturated rings. The number of carbonyl (C=O) groups is 3. The molecule has 4 rings (SSSR count). The van der Waals surface area contributed by atoms with E-state index in [9.17, 15) is 18.8 Å². The minimum absolute atomic E-state index is 0.0807. The smallest absolute Gasteiger partial charge is 0.294 e. The summed E-state index contributed by atoms with van der Waals surface area (Å²) in [4.78, 5) is 41.2. The summed E-state index contributed by atoms with van der Waals surface area (Å²) in [6.45, 7) is 0.942. The van der Waals surface area contributed by atoms with Crippen molar-refractivity contribution in [1.82, 2.24) is 14.4 Å². The Hall–Kier alpha value is -3.39. The number of carbonyl (C=O) groups excluding carboxylic acids is 3. The van der Waals surface area contributed by atoms with Gasteiger partial charge in [-0.05, 0) is 36.4 Å². The number of aryl methyl sites for hydroxylation is 1. The molecule has 1 aliphatic rings. The fourth-order valence-corrected chi connectivity index (χ4v) is 4.36. The first-order valence-electron chi connectivity index (χ1n) is 10.9. The predicted octanol–water partition coefficient (Wildman–Crippen LogP) is 3.93. The predicted molar refractivity (Wildman–Crippen MR) is 127 cm³/mol. The lowest BCUT2D eigenvalue weighted by molar-refractivity contribution is -0.124. The van der Waals surface area contributed by atoms with Gasteiger partial charge in [-0.2, -0.15) is 0 Å². The maximum atomic E-state index is 13.3. The maximum absolute atomic E-state index is 13.3. The van der Waals surface area contributed by atoms with E-state index in [4.69, 9.17) is 16.3 Å². The van der Waals surface area contributed by atoms with Crippen LogP contribution in [0.4, 0.5) is 4.39 Å². The van der Waals surface area contributed by atoms with Gasteiger partial charge >= 0.3 is 0 Å². The molecule has 34 heavy (non-hydrogen) atoms. The van der Waals surface area contributed by atoms with Crippen LogP contribution in [0.25, 0.3) is 10.9 Å². The third kappa shape index (κ3) is 4.63. The van der Waals surface area contributed by atoms with Gasteiger partial charge in [0, 0.05) is 58.7 Å². The molecule has 0 saturated carbocycles. The highest BCUT2D eigenvalue weighted by Crippen LogP contribution is 2.30. The minimum atomic E-state index is -0.643. The molecule has 0 N–H and O–H groups in total. The number of piperidine rings is 1. The van der Waals surface area contributed by atoms with E-state index in [1.54, 1.807) is 47.0 Å². The molecule has 0 radical (unpaired) electrons. The molecule has 178 valence electrons. The zero-order chi connectivity index (χ0) is 24.6. The van der Waals surface area contributed by atoms with Crippen molar-refractivity contribution in [2.75, 3.05) is 27.2 Å². The van der Waals surface area contributed by atoms with Crippen LogP contribution in [0.2, 0.25) is 5.02 Å². The second-order valence-electron chi connectivity index (χ2n) is 8.59. The summed E-state index contributed by atoms with van der Waals surface area (Å²) < 4.78 is 20.7. The highest BCUT2D eigenvalue weighted by molar-refractivity contribution is 6.45. The molecule has 0 aliphatic carbocycles. The van der Waals surface area contributed by atoms with Crippen molar-refractivity contribution in [2.24, 2.45) is 7.05 Å². The molecule has 1 aromatic heterocycles. The van der Waals surface area contributed by atoms with Gasteiger partial charge in [0.05, 0.1) is 21.7 Å². The Kier molecular flexibility index (Phi) is 6.61. The Bertz CT molecular complexity index is 1260. The third-order valence-corrected chi connectivity index (χ3v) is 6.31. The number of nitrogens with zero attached hydrogens (tertiary/aromatic N) is 3. The van der Waals surface area contributed by atoms with Gasteiger partial charge in [0.25, 0.3) is 17.6 Å². The number of aromatic nitrogens is 1. The fraction of sp³-hybridized carbons (Fsp3) is 0.320. The number of ketones is 1. The summed E-state index contributed by atoms with van der Waals surface area (Å²) in [6, 6.07) is 9.10. The van der Waals surface area contributed by atoms with Crippen LogP contribution < -0.4 is 4.74 Å². The van der Waals surface area contributed by atoms with Crippen molar-refractivity contribution in [2.45, 2.75) is 18.9 Å². The lowest BCUT2D eigenvalue weighted by Crippen LogP contribution is -2.41. The maximum Gasteiger partial charge on any atom is 0.294 e. The van der Waals surface area contributed by atoms with Crippen LogP contribution in [0.15, 0.2) is 42.6 Å². The molecule has 0 bridgehead atoms. The number of hydrogen-bond acceptors (Lipinski definition) is 4. The summed E-state index contributed by atoms with van der Waals surface area (Å²) in [6.07, 6.45) is 2.74. The number of Topliss-reactive ketones (excluding diaryl/α,β-unsaturated/α-hetero) is 1. The second-order valence-corrected chi connectivity index (χ2v) is 9.00. The third-order valence-electron chi connectivity index (χ3n) is 6.00. The Labute approximate surface area is 201 Å². The van der Waals surface area contributed by atoms with Crippen molar-refractivity contribution in [1.29, 1.82) is 0 Å². The molecule has 0 atom stereocenters. The van der Waals surface area contributed by atoms with Crippen molar-refractivity contribution < 1.29 is 23.5 Å². The molecule has 0 spiro atoms. The molecular formula is C25H25ClFN3O4. The SMILES string of the molecule is CN(C)C(=O)C(=O)c1cn(C)c2cc(Cl)c(C(=O)N3CCC(Oc4ccc(F)cc4)CC3)cc12. The fourth-order valence-electron chi connectivity index (χ4n) is 4.12. The van der Waals surface area contributed by atoms with Crippen LogP contribution in [0.5, 0.6) is 5.75 Å². The molecule has 1 aliphatic heterocycles. The number of likely N-dealkylation sites (N-methyl/N-ethyl adjacent to an activating group) is 1. The van der Waals surface area contributed by atoms with Crippen molar-refractivity contribution in [3.05, 3.63) is 64.6 Å². The Morgan fingerprint density at radius 3 is 2.32 bits per heavy atom. The minimum Gasteiger partial charge on any atom is -0.490 e. The highest BCUT2D eigenvalue weighted by atomic mass is 35.5. The van der Waals surface area contributed by atoms with E-state index in [1.807, 2.05) is 0 Å². The van der Waals surface area contributed by atoms with Gasteiger partial charge in [-0.1, -0.05) is 11.6 Å². The molecule has 2 amide bonds. The molecule has 1 saturated heterocycles. The van der Waals surface area contributed by atoms with E-state index >= 15 is 0 Å². The summed E-state index contributed by atoms with van der Waals surface area (Å²) >= 11 is 6.46. The summed E-state index contributed by atoms with van der Waals surface area (Å²) in [7, 11) is 4.78. The van der Waals surface area contributed by atoms with Crippen molar-refractivity contribution >= 4 is 40.1 Å². The highest BCUT2D eigenvalue weighted by Gasteiger charge is 2.28. The van der Waals surface area contributed by atoms with Crippen LogP contribution in [-0.2, 0) is 11.8 Å². The van der Waals surface area contributed by atoms with E-state index in [0.717, 1.165) is 0 Å². The van der Waals surface area contributed by atoms with Gasteiger partial charge in [-0.25, -0.2) is 4.39 Å². The zero-order valence-corrected chi connectivity index (χ0v) is 19.9. The van der Waals surface area contributed by atoms with Crippen molar-refractivity contribution in [3.63, 3.8) is 0 Å². The van der Waals surface area contributed by atoms with Crippen LogP contribution >= 0.6 is 11.6 Å². The second kappa shape index (κ2) is 9.46. The normalized spacial score (nSPS) is 14.3. The van der Waals surface area contributed by atoms with Crippen LogP contribution in [0, 0.1) is 5.82 Å². The van der Waals surface area contributed by atoms with Gasteiger partial charge in [0.2, 0.25) is 0 Å². The quantitative estimate of drug-likeness (QED) is 0.405. The summed E-state index contributed by atoms with van der Waals surface area (Å²) in [5, 5.41) is 0.784. The Balaban J connectivity index is 1.53. The average Bonchev–Trinajstić information content (AvgIpc) is 3.14. The lowest BCUT2D eigenvalue weighted by atomic mass is 10.0. The molecule has 2 heterocycles. The number of hydrogen-bond donors (Lipinski definition) is 0. The number of fused-ring (bicyclic) bond motifs is 1. The van der Waals surface area contributed by atoms with E-state index < -0.39 is 11.7 Å².